The highest BCUT2D eigenvalue weighted by atomic mass is 35.5. The summed E-state index contributed by atoms with van der Waals surface area (Å²) in [6, 6.07) is 1.58. The SMILES string of the molecule is Nc1cnc(Cl)cc1C(=O)N1CCCCC1CCO. The Balaban J connectivity index is 2.23. The summed E-state index contributed by atoms with van der Waals surface area (Å²) >= 11 is 5.82. The van der Waals surface area contributed by atoms with Gasteiger partial charge in [0.1, 0.15) is 5.15 Å². The van der Waals surface area contributed by atoms with Gasteiger partial charge in [0.2, 0.25) is 0 Å². The van der Waals surface area contributed by atoms with Crippen LogP contribution in [0.15, 0.2) is 12.3 Å². The molecule has 1 saturated heterocycles. The third kappa shape index (κ3) is 3.16. The Morgan fingerprint density at radius 1 is 1.58 bits per heavy atom. The van der Waals surface area contributed by atoms with E-state index in [1.165, 1.54) is 12.3 Å². The fourth-order valence-electron chi connectivity index (χ4n) is 2.50. The number of pyridine rings is 1. The number of nitrogen functional groups attached to an aromatic ring is 1. The maximum absolute atomic E-state index is 12.5. The van der Waals surface area contributed by atoms with Crippen LogP contribution in [0.1, 0.15) is 36.0 Å². The van der Waals surface area contributed by atoms with Gasteiger partial charge in [-0.1, -0.05) is 11.6 Å². The van der Waals surface area contributed by atoms with Crippen LogP contribution in [0.2, 0.25) is 5.15 Å². The van der Waals surface area contributed by atoms with Crippen molar-refractivity contribution in [2.24, 2.45) is 0 Å². The number of rotatable bonds is 3. The van der Waals surface area contributed by atoms with Crippen LogP contribution in [0.5, 0.6) is 0 Å². The molecule has 19 heavy (non-hydrogen) atoms. The standard InChI is InChI=1S/C13H18ClN3O2/c14-12-7-10(11(15)8-16-12)13(19)17-5-2-1-3-9(17)4-6-18/h7-9,18H,1-6,15H2. The number of carbonyl (C=O) groups is 1. The van der Waals surface area contributed by atoms with E-state index in [-0.39, 0.29) is 23.7 Å². The summed E-state index contributed by atoms with van der Waals surface area (Å²) in [6.45, 7) is 0.782. The summed E-state index contributed by atoms with van der Waals surface area (Å²) in [5, 5.41) is 9.35. The molecule has 0 radical (unpaired) electrons. The molecule has 3 N–H and O–H groups in total. The van der Waals surface area contributed by atoms with Crippen LogP contribution in [-0.2, 0) is 0 Å². The molecule has 5 nitrogen and oxygen atoms in total. The van der Waals surface area contributed by atoms with Gasteiger partial charge in [-0.2, -0.15) is 0 Å². The van der Waals surface area contributed by atoms with Crippen molar-refractivity contribution in [3.63, 3.8) is 0 Å². The second kappa shape index (κ2) is 6.21. The Hall–Kier alpha value is -1.33. The lowest BCUT2D eigenvalue weighted by Gasteiger charge is -2.35. The number of nitrogens with two attached hydrogens (primary N) is 1. The molecular weight excluding hydrogens is 266 g/mol. The third-order valence-corrected chi connectivity index (χ3v) is 3.69. The minimum atomic E-state index is -0.125. The van der Waals surface area contributed by atoms with E-state index in [4.69, 9.17) is 22.4 Å². The lowest BCUT2D eigenvalue weighted by Crippen LogP contribution is -2.44. The number of hydrogen-bond acceptors (Lipinski definition) is 4. The van der Waals surface area contributed by atoms with Gasteiger partial charge >= 0.3 is 0 Å². The maximum Gasteiger partial charge on any atom is 0.256 e. The predicted octanol–water partition coefficient (Wildman–Crippen LogP) is 1.69. The number of piperidine rings is 1. The van der Waals surface area contributed by atoms with Crippen LogP contribution >= 0.6 is 11.6 Å². The molecule has 0 saturated carbocycles. The first-order valence-electron chi connectivity index (χ1n) is 6.46. The number of aliphatic hydroxyl groups is 1. The van der Waals surface area contributed by atoms with E-state index >= 15 is 0 Å². The molecule has 1 aromatic heterocycles. The second-order valence-electron chi connectivity index (χ2n) is 4.75. The van der Waals surface area contributed by atoms with Crippen molar-refractivity contribution in [1.29, 1.82) is 0 Å². The molecule has 2 heterocycles. The average molecular weight is 284 g/mol. The number of nitrogens with zero attached hydrogens (tertiary/aromatic N) is 2. The molecule has 0 aromatic carbocycles. The highest BCUT2D eigenvalue weighted by molar-refractivity contribution is 6.29. The molecule has 1 unspecified atom stereocenters. The van der Waals surface area contributed by atoms with Crippen molar-refractivity contribution in [3.05, 3.63) is 23.0 Å². The fourth-order valence-corrected chi connectivity index (χ4v) is 2.66. The molecule has 1 aliphatic rings. The van der Waals surface area contributed by atoms with Crippen LogP contribution in [0.3, 0.4) is 0 Å². The summed E-state index contributed by atoms with van der Waals surface area (Å²) in [4.78, 5) is 18.2. The van der Waals surface area contributed by atoms with E-state index in [0.29, 0.717) is 24.2 Å². The highest BCUT2D eigenvalue weighted by Gasteiger charge is 2.28. The van der Waals surface area contributed by atoms with Crippen LogP contribution < -0.4 is 5.73 Å². The summed E-state index contributed by atoms with van der Waals surface area (Å²) < 4.78 is 0. The minimum Gasteiger partial charge on any atom is -0.397 e. The molecule has 0 spiro atoms. The number of carbonyl (C=O) groups excluding carboxylic acids is 1. The highest BCUT2D eigenvalue weighted by Crippen LogP contribution is 2.24. The topological polar surface area (TPSA) is 79.5 Å². The van der Waals surface area contributed by atoms with Gasteiger partial charge in [0.25, 0.3) is 5.91 Å². The molecule has 1 aliphatic heterocycles. The van der Waals surface area contributed by atoms with Crippen LogP contribution in [0, 0.1) is 0 Å². The number of hydrogen-bond donors (Lipinski definition) is 2. The Morgan fingerprint density at radius 3 is 3.11 bits per heavy atom. The minimum absolute atomic E-state index is 0.0811. The van der Waals surface area contributed by atoms with Gasteiger partial charge in [-0.25, -0.2) is 4.98 Å². The first-order chi connectivity index (χ1) is 9.13. The normalized spacial score (nSPS) is 19.5. The number of aliphatic hydroxyl groups excluding tert-OH is 1. The summed E-state index contributed by atoms with van der Waals surface area (Å²) in [5.74, 6) is -0.125. The molecule has 1 aromatic rings. The van der Waals surface area contributed by atoms with E-state index in [1.807, 2.05) is 0 Å². The van der Waals surface area contributed by atoms with Crippen molar-refractivity contribution in [2.75, 3.05) is 18.9 Å². The lowest BCUT2D eigenvalue weighted by molar-refractivity contribution is 0.0575. The van der Waals surface area contributed by atoms with E-state index < -0.39 is 0 Å². The van der Waals surface area contributed by atoms with Crippen LogP contribution in [0.25, 0.3) is 0 Å². The van der Waals surface area contributed by atoms with Gasteiger partial charge in [0.05, 0.1) is 17.4 Å². The maximum atomic E-state index is 12.5. The molecule has 1 fully saturated rings. The number of anilines is 1. The van der Waals surface area contributed by atoms with Crippen LogP contribution in [-0.4, -0.2) is 40.1 Å². The van der Waals surface area contributed by atoms with Gasteiger partial charge in [-0.15, -0.1) is 0 Å². The predicted molar refractivity (Wildman–Crippen MR) is 74.0 cm³/mol. The van der Waals surface area contributed by atoms with E-state index in [2.05, 4.69) is 4.98 Å². The zero-order valence-electron chi connectivity index (χ0n) is 10.7. The molecule has 1 amide bonds. The molecule has 0 bridgehead atoms. The van der Waals surface area contributed by atoms with Gasteiger partial charge in [0, 0.05) is 19.2 Å². The molecule has 6 heteroatoms. The molecular formula is C13H18ClN3O2. The second-order valence-corrected chi connectivity index (χ2v) is 5.14. The number of likely N-dealkylation sites (tertiary alicyclic amines) is 1. The summed E-state index contributed by atoms with van der Waals surface area (Å²) in [6.07, 6.45) is 4.99. The summed E-state index contributed by atoms with van der Waals surface area (Å²) in [5.41, 5.74) is 6.53. The van der Waals surface area contributed by atoms with Crippen molar-refractivity contribution < 1.29 is 9.90 Å². The van der Waals surface area contributed by atoms with E-state index in [0.717, 1.165) is 19.3 Å². The average Bonchev–Trinajstić information content (AvgIpc) is 2.42. The summed E-state index contributed by atoms with van der Waals surface area (Å²) in [7, 11) is 0. The number of aromatic nitrogens is 1. The first-order valence-corrected chi connectivity index (χ1v) is 6.84. The quantitative estimate of drug-likeness (QED) is 0.828. The van der Waals surface area contributed by atoms with Gasteiger partial charge in [0.15, 0.2) is 0 Å². The van der Waals surface area contributed by atoms with E-state index in [1.54, 1.807) is 4.90 Å². The number of amides is 1. The van der Waals surface area contributed by atoms with Gasteiger partial charge < -0.3 is 15.7 Å². The zero-order valence-corrected chi connectivity index (χ0v) is 11.4. The Kier molecular flexibility index (Phi) is 4.61. The molecule has 2 rings (SSSR count). The van der Waals surface area contributed by atoms with Crippen molar-refractivity contribution >= 4 is 23.2 Å². The van der Waals surface area contributed by atoms with Crippen molar-refractivity contribution in [2.45, 2.75) is 31.7 Å². The molecule has 0 aliphatic carbocycles. The number of halogens is 1. The van der Waals surface area contributed by atoms with Crippen LogP contribution in [0.4, 0.5) is 5.69 Å². The zero-order chi connectivity index (χ0) is 13.8. The fraction of sp³-hybridized carbons (Fsp3) is 0.538. The Labute approximate surface area is 117 Å². The first kappa shape index (κ1) is 14.1. The third-order valence-electron chi connectivity index (χ3n) is 3.48. The van der Waals surface area contributed by atoms with Crippen molar-refractivity contribution in [3.8, 4) is 0 Å². The molecule has 1 atom stereocenters. The molecule has 104 valence electrons. The van der Waals surface area contributed by atoms with E-state index in [9.17, 15) is 4.79 Å². The Bertz CT molecular complexity index is 465. The van der Waals surface area contributed by atoms with Crippen molar-refractivity contribution in [1.82, 2.24) is 9.88 Å². The smallest absolute Gasteiger partial charge is 0.256 e. The largest absolute Gasteiger partial charge is 0.397 e. The lowest BCUT2D eigenvalue weighted by atomic mass is 9.98. The Morgan fingerprint density at radius 2 is 2.37 bits per heavy atom. The van der Waals surface area contributed by atoms with Gasteiger partial charge in [-0.3, -0.25) is 4.79 Å². The van der Waals surface area contributed by atoms with Gasteiger partial charge in [-0.05, 0) is 31.7 Å². The monoisotopic (exact) mass is 283 g/mol.